The SMILES string of the molecule is CCOC(=O)C1=C(c2ccccc2)N=c2s/c(=C/c3cn(CCOc4ccc(C)cc4)c4ccccc34)c(=O)n2C1c1cc(OC)ccc1OC. The fraction of sp³-hybridized carbons (Fsp3) is 0.195. The first kappa shape index (κ1) is 33.6. The van der Waals surface area contributed by atoms with Gasteiger partial charge in [0.25, 0.3) is 5.56 Å². The van der Waals surface area contributed by atoms with E-state index in [4.69, 9.17) is 23.9 Å². The molecular weight excluding hydrogens is 663 g/mol. The number of aromatic nitrogens is 2. The molecule has 10 heteroatoms. The van der Waals surface area contributed by atoms with E-state index in [1.165, 1.54) is 16.9 Å². The number of hydrogen-bond acceptors (Lipinski definition) is 8. The van der Waals surface area contributed by atoms with Gasteiger partial charge < -0.3 is 23.5 Å². The third-order valence-corrected chi connectivity index (χ3v) is 9.82. The largest absolute Gasteiger partial charge is 0.497 e. The lowest BCUT2D eigenvalue weighted by Crippen LogP contribution is -2.40. The van der Waals surface area contributed by atoms with Crippen molar-refractivity contribution in [2.75, 3.05) is 27.4 Å². The minimum atomic E-state index is -0.914. The maximum absolute atomic E-state index is 14.6. The molecule has 0 bridgehead atoms. The molecule has 9 nitrogen and oxygen atoms in total. The lowest BCUT2D eigenvalue weighted by molar-refractivity contribution is -0.138. The van der Waals surface area contributed by atoms with E-state index in [1.54, 1.807) is 43.9 Å². The summed E-state index contributed by atoms with van der Waals surface area (Å²) >= 11 is 1.27. The van der Waals surface area contributed by atoms with E-state index in [0.29, 0.717) is 45.2 Å². The molecule has 1 aliphatic heterocycles. The number of carbonyl (C=O) groups excluding carboxylic acids is 1. The fourth-order valence-corrected chi connectivity index (χ4v) is 7.39. The van der Waals surface area contributed by atoms with Gasteiger partial charge in [-0.05, 0) is 56.3 Å². The average Bonchev–Trinajstić information content (AvgIpc) is 3.67. The van der Waals surface area contributed by atoms with Crippen LogP contribution in [0.25, 0.3) is 22.7 Å². The van der Waals surface area contributed by atoms with Crippen molar-refractivity contribution in [2.45, 2.75) is 26.4 Å². The number of aryl methyl sites for hydroxylation is 1. The minimum absolute atomic E-state index is 0.150. The summed E-state index contributed by atoms with van der Waals surface area (Å²) in [7, 11) is 3.13. The van der Waals surface area contributed by atoms with E-state index in [1.807, 2.05) is 92.0 Å². The van der Waals surface area contributed by atoms with Crippen LogP contribution in [0.2, 0.25) is 0 Å². The quantitative estimate of drug-likeness (QED) is 0.148. The number of rotatable bonds is 11. The molecule has 1 unspecified atom stereocenters. The van der Waals surface area contributed by atoms with Crippen LogP contribution < -0.4 is 29.1 Å². The molecule has 6 aromatic rings. The van der Waals surface area contributed by atoms with E-state index in [2.05, 4.69) is 10.6 Å². The van der Waals surface area contributed by atoms with Gasteiger partial charge in [-0.25, -0.2) is 9.79 Å². The number of para-hydroxylation sites is 1. The molecule has 258 valence electrons. The third-order valence-electron chi connectivity index (χ3n) is 8.83. The number of esters is 1. The van der Waals surface area contributed by atoms with E-state index >= 15 is 0 Å². The summed E-state index contributed by atoms with van der Waals surface area (Å²) in [6.45, 7) is 5.04. The van der Waals surface area contributed by atoms with Crippen LogP contribution in [-0.4, -0.2) is 42.5 Å². The summed E-state index contributed by atoms with van der Waals surface area (Å²) in [6.07, 6.45) is 3.95. The van der Waals surface area contributed by atoms with Crippen LogP contribution >= 0.6 is 11.3 Å². The number of benzene rings is 4. The molecule has 4 aromatic carbocycles. The molecule has 0 saturated heterocycles. The van der Waals surface area contributed by atoms with Crippen molar-refractivity contribution in [3.8, 4) is 17.2 Å². The van der Waals surface area contributed by atoms with Crippen LogP contribution in [-0.2, 0) is 16.1 Å². The molecule has 2 aromatic heterocycles. The van der Waals surface area contributed by atoms with E-state index < -0.39 is 12.0 Å². The minimum Gasteiger partial charge on any atom is -0.497 e. The number of fused-ring (bicyclic) bond motifs is 2. The van der Waals surface area contributed by atoms with Crippen molar-refractivity contribution >= 4 is 40.0 Å². The highest BCUT2D eigenvalue weighted by Crippen LogP contribution is 2.40. The van der Waals surface area contributed by atoms with Gasteiger partial charge in [0, 0.05) is 33.8 Å². The average molecular weight is 700 g/mol. The Morgan fingerprint density at radius 3 is 2.41 bits per heavy atom. The molecule has 0 radical (unpaired) electrons. The Kier molecular flexibility index (Phi) is 9.59. The van der Waals surface area contributed by atoms with Crippen molar-refractivity contribution in [3.05, 3.63) is 151 Å². The topological polar surface area (TPSA) is 93.3 Å². The molecule has 0 amide bonds. The second-order valence-electron chi connectivity index (χ2n) is 12.0. The summed E-state index contributed by atoms with van der Waals surface area (Å²) in [5.41, 5.74) is 4.76. The van der Waals surface area contributed by atoms with Gasteiger partial charge in [0.1, 0.15) is 29.9 Å². The zero-order valence-electron chi connectivity index (χ0n) is 28.8. The van der Waals surface area contributed by atoms with Crippen LogP contribution in [0.15, 0.2) is 119 Å². The Labute approximate surface area is 298 Å². The van der Waals surface area contributed by atoms with Crippen molar-refractivity contribution in [1.82, 2.24) is 9.13 Å². The Hall–Kier alpha value is -5.87. The van der Waals surface area contributed by atoms with E-state index in [-0.39, 0.29) is 17.7 Å². The molecule has 0 aliphatic carbocycles. The summed E-state index contributed by atoms with van der Waals surface area (Å²) in [6, 6.07) is 30.0. The van der Waals surface area contributed by atoms with Gasteiger partial charge in [-0.15, -0.1) is 0 Å². The number of nitrogens with zero attached hydrogens (tertiary/aromatic N) is 3. The zero-order valence-corrected chi connectivity index (χ0v) is 29.6. The molecular formula is C41H37N3O6S. The number of thiazole rings is 1. The molecule has 51 heavy (non-hydrogen) atoms. The summed E-state index contributed by atoms with van der Waals surface area (Å²) in [5, 5.41) is 1.00. The lowest BCUT2D eigenvalue weighted by atomic mass is 9.92. The van der Waals surface area contributed by atoms with E-state index in [9.17, 15) is 9.59 Å². The Morgan fingerprint density at radius 2 is 1.67 bits per heavy atom. The van der Waals surface area contributed by atoms with Crippen molar-refractivity contribution in [3.63, 3.8) is 0 Å². The first-order chi connectivity index (χ1) is 24.9. The Bertz CT molecular complexity index is 2440. The molecule has 0 fully saturated rings. The van der Waals surface area contributed by atoms with Gasteiger partial charge in [0.05, 0.1) is 43.2 Å². The molecule has 7 rings (SSSR count). The number of hydrogen-bond donors (Lipinski definition) is 0. The van der Waals surface area contributed by atoms with Gasteiger partial charge >= 0.3 is 5.97 Å². The van der Waals surface area contributed by atoms with Crippen molar-refractivity contribution < 1.29 is 23.7 Å². The molecule has 3 heterocycles. The summed E-state index contributed by atoms with van der Waals surface area (Å²) in [4.78, 5) is 34.0. The molecule has 1 atom stereocenters. The van der Waals surface area contributed by atoms with Gasteiger partial charge in [-0.1, -0.05) is 77.6 Å². The van der Waals surface area contributed by atoms with Crippen molar-refractivity contribution in [1.29, 1.82) is 0 Å². The van der Waals surface area contributed by atoms with Crippen LogP contribution in [0.1, 0.15) is 35.2 Å². The second kappa shape index (κ2) is 14.5. The molecule has 0 spiro atoms. The molecule has 1 aliphatic rings. The van der Waals surface area contributed by atoms with Gasteiger partial charge in [0.2, 0.25) is 0 Å². The highest BCUT2D eigenvalue weighted by Gasteiger charge is 2.37. The smallest absolute Gasteiger partial charge is 0.338 e. The predicted octanol–water partition coefficient (Wildman–Crippen LogP) is 6.29. The zero-order chi connectivity index (χ0) is 35.5. The van der Waals surface area contributed by atoms with Crippen LogP contribution in [0.4, 0.5) is 0 Å². The molecule has 0 N–H and O–H groups in total. The maximum atomic E-state index is 14.6. The fourth-order valence-electron chi connectivity index (χ4n) is 6.40. The maximum Gasteiger partial charge on any atom is 0.338 e. The predicted molar refractivity (Wildman–Crippen MR) is 199 cm³/mol. The van der Waals surface area contributed by atoms with Crippen LogP contribution in [0.5, 0.6) is 17.2 Å². The number of carbonyl (C=O) groups is 1. The highest BCUT2D eigenvalue weighted by atomic mass is 32.1. The Balaban J connectivity index is 1.40. The van der Waals surface area contributed by atoms with Gasteiger partial charge in [0.15, 0.2) is 4.80 Å². The standard InChI is InChI=1S/C41H37N3O6S/c1-5-49-40(46)36-37(27-11-7-6-8-12-27)42-41-44(38(36)32-24-30(47-3)19-20-34(32)48-4)39(45)35(51-41)23-28-25-43(33-14-10-9-13-31(28)33)21-22-50-29-17-15-26(2)16-18-29/h6-20,23-25,38H,5,21-22H2,1-4H3/b35-23+. The third kappa shape index (κ3) is 6.58. The molecule has 0 saturated carbocycles. The van der Waals surface area contributed by atoms with E-state index in [0.717, 1.165) is 27.8 Å². The number of ether oxygens (including phenoxy) is 4. The van der Waals surface area contributed by atoms with Gasteiger partial charge in [-0.3, -0.25) is 9.36 Å². The number of methoxy groups -OCH3 is 2. The van der Waals surface area contributed by atoms with Gasteiger partial charge in [-0.2, -0.15) is 0 Å². The first-order valence-electron chi connectivity index (χ1n) is 16.7. The first-order valence-corrected chi connectivity index (χ1v) is 17.5. The monoisotopic (exact) mass is 699 g/mol. The second-order valence-corrected chi connectivity index (χ2v) is 13.0. The van der Waals surface area contributed by atoms with Crippen LogP contribution in [0, 0.1) is 6.92 Å². The highest BCUT2D eigenvalue weighted by molar-refractivity contribution is 7.07. The summed E-state index contributed by atoms with van der Waals surface area (Å²) in [5.74, 6) is 1.29. The lowest BCUT2D eigenvalue weighted by Gasteiger charge is -2.27. The Morgan fingerprint density at radius 1 is 0.922 bits per heavy atom. The summed E-state index contributed by atoms with van der Waals surface area (Å²) < 4.78 is 27.2. The van der Waals surface area contributed by atoms with Crippen molar-refractivity contribution in [2.24, 2.45) is 4.99 Å². The normalized spacial score (nSPS) is 14.3. The van der Waals surface area contributed by atoms with Crippen LogP contribution in [0.3, 0.4) is 0 Å².